The van der Waals surface area contributed by atoms with Gasteiger partial charge in [-0.15, -0.1) is 0 Å². The van der Waals surface area contributed by atoms with E-state index in [9.17, 15) is 0 Å². The molecule has 2 bridgehead atoms. The zero-order chi connectivity index (χ0) is 8.67. The summed E-state index contributed by atoms with van der Waals surface area (Å²) in [6.07, 6.45) is 14.2. The van der Waals surface area contributed by atoms with Crippen molar-refractivity contribution in [3.05, 3.63) is 0 Å². The lowest BCUT2D eigenvalue weighted by Crippen LogP contribution is -2.01. The average molecular weight is 178 g/mol. The third-order valence-corrected chi connectivity index (χ3v) is 4.79. The normalized spacial score (nSPS) is 49.8. The van der Waals surface area contributed by atoms with Crippen LogP contribution in [0.25, 0.3) is 0 Å². The maximum Gasteiger partial charge on any atom is -0.0380 e. The van der Waals surface area contributed by atoms with E-state index in [1.54, 1.807) is 57.8 Å². The van der Waals surface area contributed by atoms with Crippen LogP contribution in [0.2, 0.25) is 0 Å². The van der Waals surface area contributed by atoms with Crippen LogP contribution in [-0.2, 0) is 0 Å². The highest BCUT2D eigenvalue weighted by molar-refractivity contribution is 4.90. The molecule has 0 nitrogen and oxygen atoms in total. The SMILES string of the molecule is C1CCC2CC2CC2CCC(C1)C2. The monoisotopic (exact) mass is 178 g/mol. The van der Waals surface area contributed by atoms with Crippen molar-refractivity contribution in [1.82, 2.24) is 0 Å². The Morgan fingerprint density at radius 2 is 1.38 bits per heavy atom. The van der Waals surface area contributed by atoms with E-state index in [-0.39, 0.29) is 0 Å². The highest BCUT2D eigenvalue weighted by atomic mass is 14.4. The van der Waals surface area contributed by atoms with Crippen LogP contribution >= 0.6 is 0 Å². The molecule has 0 aromatic heterocycles. The van der Waals surface area contributed by atoms with E-state index in [1.165, 1.54) is 11.8 Å². The van der Waals surface area contributed by atoms with Gasteiger partial charge in [0.2, 0.25) is 0 Å². The fraction of sp³-hybridized carbons (Fsp3) is 1.00. The summed E-state index contributed by atoms with van der Waals surface area (Å²) in [7, 11) is 0. The fourth-order valence-corrected chi connectivity index (χ4v) is 3.87. The van der Waals surface area contributed by atoms with Gasteiger partial charge in [-0.3, -0.25) is 0 Å². The first-order chi connectivity index (χ1) is 6.42. The molecule has 0 radical (unpaired) electrons. The molecule has 0 aromatic rings. The average Bonchev–Trinajstić information content (AvgIpc) is 2.71. The van der Waals surface area contributed by atoms with Gasteiger partial charge in [0.15, 0.2) is 0 Å². The van der Waals surface area contributed by atoms with Gasteiger partial charge in [0.1, 0.15) is 0 Å². The van der Waals surface area contributed by atoms with Gasteiger partial charge in [-0.1, -0.05) is 38.5 Å². The van der Waals surface area contributed by atoms with E-state index in [1.807, 2.05) is 0 Å². The van der Waals surface area contributed by atoms with E-state index < -0.39 is 0 Å². The zero-order valence-electron chi connectivity index (χ0n) is 8.67. The first-order valence-corrected chi connectivity index (χ1v) is 6.42. The Morgan fingerprint density at radius 3 is 2.38 bits per heavy atom. The van der Waals surface area contributed by atoms with Crippen LogP contribution in [0.1, 0.15) is 57.8 Å². The third-order valence-electron chi connectivity index (χ3n) is 4.79. The molecule has 0 N–H and O–H groups in total. The zero-order valence-corrected chi connectivity index (χ0v) is 8.67. The molecular formula is C13H22. The number of hydrogen-bond donors (Lipinski definition) is 0. The first-order valence-electron chi connectivity index (χ1n) is 6.42. The lowest BCUT2D eigenvalue weighted by Gasteiger charge is -2.13. The summed E-state index contributed by atoms with van der Waals surface area (Å²) in [5.74, 6) is 4.65. The van der Waals surface area contributed by atoms with Crippen LogP contribution < -0.4 is 0 Å². The maximum atomic E-state index is 1.61. The second-order valence-corrected chi connectivity index (χ2v) is 5.82. The molecule has 0 saturated heterocycles. The molecule has 3 aliphatic carbocycles. The van der Waals surface area contributed by atoms with Crippen molar-refractivity contribution in [3.63, 3.8) is 0 Å². The molecule has 0 aromatic carbocycles. The van der Waals surface area contributed by atoms with E-state index >= 15 is 0 Å². The van der Waals surface area contributed by atoms with Gasteiger partial charge in [0.25, 0.3) is 0 Å². The quantitative estimate of drug-likeness (QED) is 0.526. The van der Waals surface area contributed by atoms with Gasteiger partial charge in [0, 0.05) is 0 Å². The minimum absolute atomic E-state index is 1.14. The lowest BCUT2D eigenvalue weighted by atomic mass is 9.93. The molecule has 3 aliphatic rings. The topological polar surface area (TPSA) is 0 Å². The number of rotatable bonds is 0. The van der Waals surface area contributed by atoms with Crippen LogP contribution in [-0.4, -0.2) is 0 Å². The highest BCUT2D eigenvalue weighted by Crippen LogP contribution is 2.50. The van der Waals surface area contributed by atoms with Crippen molar-refractivity contribution in [2.75, 3.05) is 0 Å². The minimum atomic E-state index is 1.14. The van der Waals surface area contributed by atoms with Crippen molar-refractivity contribution in [2.24, 2.45) is 23.7 Å². The molecule has 0 amide bonds. The summed E-state index contributed by atoms with van der Waals surface area (Å²) in [5.41, 5.74) is 0. The van der Waals surface area contributed by atoms with E-state index in [2.05, 4.69) is 0 Å². The van der Waals surface area contributed by atoms with Gasteiger partial charge in [-0.25, -0.2) is 0 Å². The van der Waals surface area contributed by atoms with Gasteiger partial charge in [-0.2, -0.15) is 0 Å². The second-order valence-electron chi connectivity index (χ2n) is 5.82. The Morgan fingerprint density at radius 1 is 0.538 bits per heavy atom. The van der Waals surface area contributed by atoms with Crippen molar-refractivity contribution in [3.8, 4) is 0 Å². The van der Waals surface area contributed by atoms with Crippen molar-refractivity contribution in [2.45, 2.75) is 57.8 Å². The van der Waals surface area contributed by atoms with E-state index in [4.69, 9.17) is 0 Å². The van der Waals surface area contributed by atoms with Crippen molar-refractivity contribution < 1.29 is 0 Å². The molecular weight excluding hydrogens is 156 g/mol. The summed E-state index contributed by atoms with van der Waals surface area (Å²) in [5, 5.41) is 0. The third kappa shape index (κ3) is 1.78. The van der Waals surface area contributed by atoms with Crippen LogP contribution in [0.5, 0.6) is 0 Å². The molecule has 3 fully saturated rings. The fourth-order valence-electron chi connectivity index (χ4n) is 3.87. The Kier molecular flexibility index (Phi) is 2.11. The number of fused-ring (bicyclic) bond motifs is 3. The lowest BCUT2D eigenvalue weighted by molar-refractivity contribution is 0.387. The van der Waals surface area contributed by atoms with E-state index in [0.29, 0.717) is 0 Å². The Labute approximate surface area is 82.1 Å². The predicted octanol–water partition coefficient (Wildman–Crippen LogP) is 4.00. The van der Waals surface area contributed by atoms with Crippen LogP contribution in [0.4, 0.5) is 0 Å². The van der Waals surface area contributed by atoms with Crippen LogP contribution in [0.3, 0.4) is 0 Å². The Balaban J connectivity index is 1.63. The largest absolute Gasteiger partial charge is 0.0530 e. The molecule has 0 heterocycles. The molecule has 3 rings (SSSR count). The maximum absolute atomic E-state index is 1.61. The standard InChI is InChI=1S/C13H22/c1-2-4-12-9-13(12)8-11-6-5-10(3-1)7-11/h10-13H,1-9H2. The van der Waals surface area contributed by atoms with E-state index in [0.717, 1.165) is 11.8 Å². The minimum Gasteiger partial charge on any atom is -0.0530 e. The molecule has 0 heteroatoms. The van der Waals surface area contributed by atoms with Gasteiger partial charge in [-0.05, 0) is 42.9 Å². The predicted molar refractivity (Wildman–Crippen MR) is 55.5 cm³/mol. The molecule has 4 atom stereocenters. The molecule has 0 aliphatic heterocycles. The van der Waals surface area contributed by atoms with Crippen LogP contribution in [0, 0.1) is 23.7 Å². The van der Waals surface area contributed by atoms with Crippen molar-refractivity contribution in [1.29, 1.82) is 0 Å². The Bertz CT molecular complexity index is 184. The summed E-state index contributed by atoms with van der Waals surface area (Å²) in [4.78, 5) is 0. The van der Waals surface area contributed by atoms with Crippen molar-refractivity contribution >= 4 is 0 Å². The summed E-state index contributed by atoms with van der Waals surface area (Å²) >= 11 is 0. The smallest absolute Gasteiger partial charge is 0.0380 e. The van der Waals surface area contributed by atoms with Crippen LogP contribution in [0.15, 0.2) is 0 Å². The molecule has 74 valence electrons. The number of hydrogen-bond acceptors (Lipinski definition) is 0. The first kappa shape index (κ1) is 8.32. The molecule has 0 spiro atoms. The molecule has 3 saturated carbocycles. The Hall–Kier alpha value is 0. The second kappa shape index (κ2) is 3.29. The highest BCUT2D eigenvalue weighted by Gasteiger charge is 2.39. The summed E-state index contributed by atoms with van der Waals surface area (Å²) in [6, 6.07) is 0. The summed E-state index contributed by atoms with van der Waals surface area (Å²) < 4.78 is 0. The molecule has 13 heavy (non-hydrogen) atoms. The van der Waals surface area contributed by atoms with Gasteiger partial charge >= 0.3 is 0 Å². The molecule has 4 unspecified atom stereocenters. The van der Waals surface area contributed by atoms with Gasteiger partial charge in [0.05, 0.1) is 0 Å². The summed E-state index contributed by atoms with van der Waals surface area (Å²) in [6.45, 7) is 0. The van der Waals surface area contributed by atoms with Gasteiger partial charge < -0.3 is 0 Å².